The van der Waals surface area contributed by atoms with Gasteiger partial charge in [0, 0.05) is 24.2 Å². The largest absolute Gasteiger partial charge is 0.434 e. The van der Waals surface area contributed by atoms with E-state index in [1.165, 1.54) is 0 Å². The molecule has 3 nitrogen and oxygen atoms in total. The van der Waals surface area contributed by atoms with E-state index in [0.717, 1.165) is 12.1 Å². The first-order chi connectivity index (χ1) is 8.90. The van der Waals surface area contributed by atoms with Gasteiger partial charge in [-0.1, -0.05) is 18.2 Å². The zero-order valence-electron chi connectivity index (χ0n) is 11.9. The molecule has 0 fully saturated rings. The second-order valence-corrected chi connectivity index (χ2v) is 4.97. The van der Waals surface area contributed by atoms with Crippen LogP contribution in [0.1, 0.15) is 25.5 Å². The van der Waals surface area contributed by atoms with Gasteiger partial charge in [-0.2, -0.15) is 8.78 Å². The van der Waals surface area contributed by atoms with Gasteiger partial charge in [-0.25, -0.2) is 0 Å². The molecule has 19 heavy (non-hydrogen) atoms. The highest BCUT2D eigenvalue weighted by Gasteiger charge is 2.16. The van der Waals surface area contributed by atoms with Crippen molar-refractivity contribution in [3.05, 3.63) is 29.8 Å². The highest BCUT2D eigenvalue weighted by molar-refractivity contribution is 5.35. The maximum Gasteiger partial charge on any atom is 0.387 e. The average Bonchev–Trinajstić information content (AvgIpc) is 2.27. The van der Waals surface area contributed by atoms with Crippen molar-refractivity contribution in [3.8, 4) is 5.75 Å². The van der Waals surface area contributed by atoms with Crippen molar-refractivity contribution >= 4 is 0 Å². The normalized spacial score (nSPS) is 14.7. The summed E-state index contributed by atoms with van der Waals surface area (Å²) in [6, 6.07) is 7.09. The van der Waals surface area contributed by atoms with Gasteiger partial charge in [-0.05, 0) is 34.0 Å². The highest BCUT2D eigenvalue weighted by atomic mass is 19.3. The lowest BCUT2D eigenvalue weighted by Gasteiger charge is -2.24. The van der Waals surface area contributed by atoms with E-state index in [1.54, 1.807) is 18.2 Å². The van der Waals surface area contributed by atoms with Crippen molar-refractivity contribution in [1.29, 1.82) is 0 Å². The first kappa shape index (κ1) is 15.9. The van der Waals surface area contributed by atoms with Gasteiger partial charge in [0.1, 0.15) is 5.75 Å². The lowest BCUT2D eigenvalue weighted by atomic mass is 10.1. The van der Waals surface area contributed by atoms with Crippen LogP contribution < -0.4 is 10.1 Å². The van der Waals surface area contributed by atoms with Gasteiger partial charge in [-0.3, -0.25) is 0 Å². The Labute approximate surface area is 113 Å². The number of ether oxygens (including phenoxy) is 1. The van der Waals surface area contributed by atoms with E-state index < -0.39 is 6.61 Å². The highest BCUT2D eigenvalue weighted by Crippen LogP contribution is 2.26. The molecule has 108 valence electrons. The Morgan fingerprint density at radius 1 is 1.21 bits per heavy atom. The maximum absolute atomic E-state index is 12.3. The summed E-state index contributed by atoms with van der Waals surface area (Å²) in [4.78, 5) is 2.08. The number of hydrogen-bond donors (Lipinski definition) is 1. The van der Waals surface area contributed by atoms with E-state index >= 15 is 0 Å². The monoisotopic (exact) mass is 272 g/mol. The predicted molar refractivity (Wildman–Crippen MR) is 72.6 cm³/mol. The smallest absolute Gasteiger partial charge is 0.387 e. The third-order valence-corrected chi connectivity index (χ3v) is 2.78. The van der Waals surface area contributed by atoms with Gasteiger partial charge in [0.05, 0.1) is 0 Å². The molecule has 0 saturated carbocycles. The first-order valence-electron chi connectivity index (χ1n) is 6.34. The molecule has 0 bridgehead atoms. The summed E-state index contributed by atoms with van der Waals surface area (Å²) < 4.78 is 29.2. The van der Waals surface area contributed by atoms with Gasteiger partial charge in [0.2, 0.25) is 0 Å². The number of rotatable bonds is 7. The lowest BCUT2D eigenvalue weighted by Crippen LogP contribution is -2.37. The van der Waals surface area contributed by atoms with Gasteiger partial charge in [0.25, 0.3) is 0 Å². The minimum absolute atomic E-state index is 0.0510. The standard InChI is InChI=1S/C14H22F2N2O/c1-10(9-18(3)4)17-11(2)12-7-5-6-8-13(12)19-14(15)16/h5-8,10-11,14,17H,9H2,1-4H3. The van der Waals surface area contributed by atoms with E-state index in [1.807, 2.05) is 27.1 Å². The number of alkyl halides is 2. The summed E-state index contributed by atoms with van der Waals surface area (Å²) in [5.41, 5.74) is 0.744. The first-order valence-corrected chi connectivity index (χ1v) is 6.34. The Morgan fingerprint density at radius 3 is 2.42 bits per heavy atom. The number of nitrogens with one attached hydrogen (secondary N) is 1. The van der Waals surface area contributed by atoms with Gasteiger partial charge in [-0.15, -0.1) is 0 Å². The van der Waals surface area contributed by atoms with Crippen LogP contribution in [0, 0.1) is 0 Å². The summed E-state index contributed by atoms with van der Waals surface area (Å²) in [6.07, 6.45) is 0. The predicted octanol–water partition coefficient (Wildman–Crippen LogP) is 2.89. The molecule has 1 aromatic rings. The van der Waals surface area contributed by atoms with Crippen molar-refractivity contribution in [2.45, 2.75) is 32.5 Å². The molecule has 0 radical (unpaired) electrons. The summed E-state index contributed by atoms with van der Waals surface area (Å²) in [6.45, 7) is 2.09. The number of benzene rings is 1. The van der Waals surface area contributed by atoms with Crippen LogP contribution in [0.2, 0.25) is 0 Å². The van der Waals surface area contributed by atoms with Crippen molar-refractivity contribution in [2.24, 2.45) is 0 Å². The van der Waals surface area contributed by atoms with Crippen molar-refractivity contribution in [3.63, 3.8) is 0 Å². The van der Waals surface area contributed by atoms with Crippen LogP contribution in [0.3, 0.4) is 0 Å². The van der Waals surface area contributed by atoms with Crippen LogP contribution in [-0.4, -0.2) is 38.2 Å². The van der Waals surface area contributed by atoms with Crippen molar-refractivity contribution < 1.29 is 13.5 Å². The maximum atomic E-state index is 12.3. The molecular formula is C14H22F2N2O. The quantitative estimate of drug-likeness (QED) is 0.826. The van der Waals surface area contributed by atoms with E-state index in [2.05, 4.69) is 21.9 Å². The molecule has 0 amide bonds. The average molecular weight is 272 g/mol. The molecule has 2 atom stereocenters. The molecule has 1 aromatic carbocycles. The second kappa shape index (κ2) is 7.40. The molecule has 0 spiro atoms. The van der Waals surface area contributed by atoms with Crippen molar-refractivity contribution in [2.75, 3.05) is 20.6 Å². The Balaban J connectivity index is 2.73. The molecular weight excluding hydrogens is 250 g/mol. The van der Waals surface area contributed by atoms with Gasteiger partial charge in [0.15, 0.2) is 0 Å². The minimum Gasteiger partial charge on any atom is -0.434 e. The van der Waals surface area contributed by atoms with E-state index in [4.69, 9.17) is 0 Å². The SMILES string of the molecule is CC(CN(C)C)NC(C)c1ccccc1OC(F)F. The fraction of sp³-hybridized carbons (Fsp3) is 0.571. The molecule has 2 unspecified atom stereocenters. The molecule has 1 N–H and O–H groups in total. The van der Waals surface area contributed by atoms with Crippen LogP contribution >= 0.6 is 0 Å². The van der Waals surface area contributed by atoms with E-state index in [0.29, 0.717) is 0 Å². The van der Waals surface area contributed by atoms with Crippen LogP contribution in [0.4, 0.5) is 8.78 Å². The fourth-order valence-electron chi connectivity index (χ4n) is 2.16. The minimum atomic E-state index is -2.80. The van der Waals surface area contributed by atoms with Gasteiger partial charge < -0.3 is 15.0 Å². The third kappa shape index (κ3) is 5.53. The zero-order valence-corrected chi connectivity index (χ0v) is 11.9. The molecule has 1 rings (SSSR count). The van der Waals surface area contributed by atoms with Crippen molar-refractivity contribution in [1.82, 2.24) is 10.2 Å². The number of halogens is 2. The van der Waals surface area contributed by atoms with Crippen LogP contribution in [-0.2, 0) is 0 Å². The molecule has 0 aromatic heterocycles. The summed E-state index contributed by atoms with van der Waals surface area (Å²) in [7, 11) is 3.99. The Bertz CT molecular complexity index is 385. The van der Waals surface area contributed by atoms with Gasteiger partial charge >= 0.3 is 6.61 Å². The van der Waals surface area contributed by atoms with E-state index in [9.17, 15) is 8.78 Å². The molecule has 0 aliphatic carbocycles. The number of hydrogen-bond acceptors (Lipinski definition) is 3. The summed E-state index contributed by atoms with van der Waals surface area (Å²) in [5, 5.41) is 3.37. The number of para-hydroxylation sites is 1. The Kier molecular flexibility index (Phi) is 6.18. The third-order valence-electron chi connectivity index (χ3n) is 2.78. The molecule has 5 heteroatoms. The Morgan fingerprint density at radius 2 is 1.84 bits per heavy atom. The molecule has 0 saturated heterocycles. The summed E-state index contributed by atoms with van der Waals surface area (Å²) >= 11 is 0. The molecule has 0 aliphatic heterocycles. The number of nitrogens with zero attached hydrogens (tertiary/aromatic N) is 1. The topological polar surface area (TPSA) is 24.5 Å². The van der Waals surface area contributed by atoms with E-state index in [-0.39, 0.29) is 17.8 Å². The Hall–Kier alpha value is -1.20. The zero-order chi connectivity index (χ0) is 14.4. The number of likely N-dealkylation sites (N-methyl/N-ethyl adjacent to an activating group) is 1. The van der Waals surface area contributed by atoms with Crippen LogP contribution in [0.15, 0.2) is 24.3 Å². The summed E-state index contributed by atoms with van der Waals surface area (Å²) in [5.74, 6) is 0.231. The fourth-order valence-corrected chi connectivity index (χ4v) is 2.16. The van der Waals surface area contributed by atoms with Crippen LogP contribution in [0.5, 0.6) is 5.75 Å². The molecule has 0 heterocycles. The molecule has 0 aliphatic rings. The second-order valence-electron chi connectivity index (χ2n) is 4.97. The lowest BCUT2D eigenvalue weighted by molar-refractivity contribution is -0.0506. The van der Waals surface area contributed by atoms with Crippen LogP contribution in [0.25, 0.3) is 0 Å².